The van der Waals surface area contributed by atoms with Gasteiger partial charge in [0.15, 0.2) is 0 Å². The van der Waals surface area contributed by atoms with Crippen LogP contribution >= 0.6 is 0 Å². The van der Waals surface area contributed by atoms with Crippen molar-refractivity contribution in [2.45, 2.75) is 46.2 Å². The van der Waals surface area contributed by atoms with Gasteiger partial charge in [0.05, 0.1) is 5.92 Å². The fourth-order valence-electron chi connectivity index (χ4n) is 1.30. The molecule has 74 valence electrons. The van der Waals surface area contributed by atoms with E-state index in [1.54, 1.807) is 13.8 Å². The SMILES string of the molecule is CCCC[C@@H](C(C)C)C(F)(F)F. The van der Waals surface area contributed by atoms with E-state index in [-0.39, 0.29) is 12.3 Å². The summed E-state index contributed by atoms with van der Waals surface area (Å²) in [6.45, 7) is 5.18. The molecule has 0 spiro atoms. The number of hydrogen-bond acceptors (Lipinski definition) is 0. The van der Waals surface area contributed by atoms with Crippen LogP contribution in [0.5, 0.6) is 0 Å². The Balaban J connectivity index is 4.05. The monoisotopic (exact) mass is 182 g/mol. The second-order valence-corrected chi connectivity index (χ2v) is 3.53. The molecule has 0 aliphatic heterocycles. The van der Waals surface area contributed by atoms with Gasteiger partial charge in [0.25, 0.3) is 0 Å². The van der Waals surface area contributed by atoms with Crippen LogP contribution in [0.3, 0.4) is 0 Å². The molecule has 0 radical (unpaired) electrons. The number of unbranched alkanes of at least 4 members (excludes halogenated alkanes) is 1. The van der Waals surface area contributed by atoms with Gasteiger partial charge in [-0.1, -0.05) is 33.6 Å². The molecule has 0 amide bonds. The van der Waals surface area contributed by atoms with E-state index in [1.165, 1.54) is 0 Å². The molecule has 0 aromatic rings. The minimum Gasteiger partial charge on any atom is -0.171 e. The average molecular weight is 182 g/mol. The molecule has 0 aromatic heterocycles. The smallest absolute Gasteiger partial charge is 0.171 e. The summed E-state index contributed by atoms with van der Waals surface area (Å²) in [5.74, 6) is -1.41. The van der Waals surface area contributed by atoms with E-state index in [2.05, 4.69) is 0 Å². The van der Waals surface area contributed by atoms with Crippen LogP contribution in [0.4, 0.5) is 13.2 Å². The Hall–Kier alpha value is -0.210. The highest BCUT2D eigenvalue weighted by atomic mass is 19.4. The van der Waals surface area contributed by atoms with Gasteiger partial charge in [-0.25, -0.2) is 0 Å². The van der Waals surface area contributed by atoms with Gasteiger partial charge in [0.1, 0.15) is 0 Å². The molecule has 0 saturated heterocycles. The van der Waals surface area contributed by atoms with Gasteiger partial charge in [0.2, 0.25) is 0 Å². The van der Waals surface area contributed by atoms with Gasteiger partial charge in [-0.05, 0) is 12.3 Å². The minimum absolute atomic E-state index is 0.275. The molecule has 0 aliphatic carbocycles. The molecular formula is C9H17F3. The third-order valence-corrected chi connectivity index (χ3v) is 2.09. The van der Waals surface area contributed by atoms with Crippen LogP contribution in [0, 0.1) is 11.8 Å². The van der Waals surface area contributed by atoms with Crippen molar-refractivity contribution in [3.05, 3.63) is 0 Å². The van der Waals surface area contributed by atoms with Crippen LogP contribution < -0.4 is 0 Å². The Morgan fingerprint density at radius 1 is 1.17 bits per heavy atom. The fraction of sp³-hybridized carbons (Fsp3) is 1.00. The normalized spacial score (nSPS) is 15.2. The Bertz CT molecular complexity index is 115. The van der Waals surface area contributed by atoms with Crippen molar-refractivity contribution in [2.24, 2.45) is 11.8 Å². The van der Waals surface area contributed by atoms with Crippen molar-refractivity contribution >= 4 is 0 Å². The molecule has 0 N–H and O–H groups in total. The molecule has 1 atom stereocenters. The van der Waals surface area contributed by atoms with Crippen molar-refractivity contribution in [1.82, 2.24) is 0 Å². The Labute approximate surface area is 72.2 Å². The van der Waals surface area contributed by atoms with E-state index in [9.17, 15) is 13.2 Å². The van der Waals surface area contributed by atoms with E-state index < -0.39 is 12.1 Å². The first-order chi connectivity index (χ1) is 5.39. The van der Waals surface area contributed by atoms with E-state index >= 15 is 0 Å². The molecule has 0 fully saturated rings. The largest absolute Gasteiger partial charge is 0.392 e. The molecule has 3 heteroatoms. The van der Waals surface area contributed by atoms with Gasteiger partial charge in [-0.3, -0.25) is 0 Å². The van der Waals surface area contributed by atoms with Crippen molar-refractivity contribution < 1.29 is 13.2 Å². The van der Waals surface area contributed by atoms with Gasteiger partial charge >= 0.3 is 6.18 Å². The second-order valence-electron chi connectivity index (χ2n) is 3.53. The second kappa shape index (κ2) is 4.73. The molecule has 12 heavy (non-hydrogen) atoms. The first kappa shape index (κ1) is 11.8. The number of hydrogen-bond donors (Lipinski definition) is 0. The third-order valence-electron chi connectivity index (χ3n) is 2.09. The summed E-state index contributed by atoms with van der Waals surface area (Å²) in [7, 11) is 0. The highest BCUT2D eigenvalue weighted by Crippen LogP contribution is 2.35. The summed E-state index contributed by atoms with van der Waals surface area (Å²) >= 11 is 0. The Morgan fingerprint density at radius 3 is 1.92 bits per heavy atom. The van der Waals surface area contributed by atoms with Gasteiger partial charge in [-0.15, -0.1) is 0 Å². The first-order valence-electron chi connectivity index (χ1n) is 4.46. The van der Waals surface area contributed by atoms with Crippen LogP contribution in [0.25, 0.3) is 0 Å². The summed E-state index contributed by atoms with van der Waals surface area (Å²) in [4.78, 5) is 0. The molecule has 0 nitrogen and oxygen atoms in total. The number of halogens is 3. The summed E-state index contributed by atoms with van der Waals surface area (Å²) in [6.07, 6.45) is -2.23. The Morgan fingerprint density at radius 2 is 1.67 bits per heavy atom. The standard InChI is InChI=1S/C9H17F3/c1-4-5-6-8(7(2)3)9(10,11)12/h7-8H,4-6H2,1-3H3/t8-/m0/s1. The van der Waals surface area contributed by atoms with Crippen LogP contribution in [0.1, 0.15) is 40.0 Å². The van der Waals surface area contributed by atoms with Crippen LogP contribution in [-0.2, 0) is 0 Å². The zero-order chi connectivity index (χ0) is 9.78. The number of alkyl halides is 3. The van der Waals surface area contributed by atoms with Crippen molar-refractivity contribution in [3.8, 4) is 0 Å². The molecule has 0 saturated carbocycles. The lowest BCUT2D eigenvalue weighted by Gasteiger charge is -2.23. The summed E-state index contributed by atoms with van der Waals surface area (Å²) in [6, 6.07) is 0. The van der Waals surface area contributed by atoms with Crippen LogP contribution in [-0.4, -0.2) is 6.18 Å². The molecule has 0 rings (SSSR count). The van der Waals surface area contributed by atoms with Gasteiger partial charge in [0, 0.05) is 0 Å². The first-order valence-corrected chi connectivity index (χ1v) is 4.46. The van der Waals surface area contributed by atoms with Crippen molar-refractivity contribution in [2.75, 3.05) is 0 Å². The predicted octanol–water partition coefficient (Wildman–Crippen LogP) is 4.01. The number of rotatable bonds is 4. The maximum Gasteiger partial charge on any atom is 0.392 e. The quantitative estimate of drug-likeness (QED) is 0.616. The molecule has 0 heterocycles. The fourth-order valence-corrected chi connectivity index (χ4v) is 1.30. The van der Waals surface area contributed by atoms with E-state index in [0.717, 1.165) is 6.42 Å². The van der Waals surface area contributed by atoms with Crippen LogP contribution in [0.15, 0.2) is 0 Å². The maximum absolute atomic E-state index is 12.3. The van der Waals surface area contributed by atoms with Crippen LogP contribution in [0.2, 0.25) is 0 Å². The molecule has 0 unspecified atom stereocenters. The summed E-state index contributed by atoms with van der Waals surface area (Å²) in [5.41, 5.74) is 0. The zero-order valence-corrected chi connectivity index (χ0v) is 7.91. The summed E-state index contributed by atoms with van der Waals surface area (Å²) in [5, 5.41) is 0. The molecular weight excluding hydrogens is 165 g/mol. The highest BCUT2D eigenvalue weighted by molar-refractivity contribution is 4.70. The van der Waals surface area contributed by atoms with Crippen molar-refractivity contribution in [1.29, 1.82) is 0 Å². The minimum atomic E-state index is -4.01. The highest BCUT2D eigenvalue weighted by Gasteiger charge is 2.40. The predicted molar refractivity (Wildman–Crippen MR) is 43.9 cm³/mol. The summed E-state index contributed by atoms with van der Waals surface area (Å²) < 4.78 is 36.9. The Kier molecular flexibility index (Phi) is 4.64. The molecule has 0 bridgehead atoms. The average Bonchev–Trinajstić information content (AvgIpc) is 1.84. The lowest BCUT2D eigenvalue weighted by atomic mass is 9.90. The topological polar surface area (TPSA) is 0 Å². The van der Waals surface area contributed by atoms with Crippen molar-refractivity contribution in [3.63, 3.8) is 0 Å². The van der Waals surface area contributed by atoms with E-state index in [1.807, 2.05) is 6.92 Å². The molecule has 0 aliphatic rings. The lowest BCUT2D eigenvalue weighted by molar-refractivity contribution is -0.187. The van der Waals surface area contributed by atoms with Gasteiger partial charge < -0.3 is 0 Å². The maximum atomic E-state index is 12.3. The lowest BCUT2D eigenvalue weighted by Crippen LogP contribution is -2.27. The zero-order valence-electron chi connectivity index (χ0n) is 7.91. The third kappa shape index (κ3) is 3.98. The van der Waals surface area contributed by atoms with E-state index in [0.29, 0.717) is 6.42 Å². The molecule has 0 aromatic carbocycles. The van der Waals surface area contributed by atoms with E-state index in [4.69, 9.17) is 0 Å². The van der Waals surface area contributed by atoms with Gasteiger partial charge in [-0.2, -0.15) is 13.2 Å².